The molecule has 1 aliphatic carbocycles. The molecule has 0 saturated carbocycles. The molecule has 1 unspecified atom stereocenters. The van der Waals surface area contributed by atoms with Crippen molar-refractivity contribution in [1.82, 2.24) is 14.1 Å². The summed E-state index contributed by atoms with van der Waals surface area (Å²) in [6.07, 6.45) is -7.33. The lowest BCUT2D eigenvalue weighted by Crippen LogP contribution is -2.27. The minimum absolute atomic E-state index is 0.0293. The highest BCUT2D eigenvalue weighted by Gasteiger charge is 2.32. The van der Waals surface area contributed by atoms with Gasteiger partial charge in [-0.2, -0.15) is 0 Å². The van der Waals surface area contributed by atoms with E-state index in [0.29, 0.717) is 4.57 Å². The summed E-state index contributed by atoms with van der Waals surface area (Å²) in [5, 5.41) is 0.122. The summed E-state index contributed by atoms with van der Waals surface area (Å²) < 4.78 is 98.2. The molecule has 4 heteroatoms. The van der Waals surface area contributed by atoms with Crippen LogP contribution in [0.2, 0.25) is 0 Å². The molecule has 0 aliphatic heterocycles. The first-order chi connectivity index (χ1) is 15.4. The maximum absolute atomic E-state index is 13.7. The van der Waals surface area contributed by atoms with Gasteiger partial charge in [-0.05, 0) is 25.7 Å². The average Bonchev–Trinajstić information content (AvgIpc) is 3.20. The second-order valence-electron chi connectivity index (χ2n) is 5.03. The number of hydrogen-bond acceptors (Lipinski definition) is 2. The summed E-state index contributed by atoms with van der Waals surface area (Å²) in [5.74, 6) is -3.45. The summed E-state index contributed by atoms with van der Waals surface area (Å²) in [5.41, 5.74) is -0.888. The number of imidazole rings is 1. The summed E-state index contributed by atoms with van der Waals surface area (Å²) >= 11 is 0. The molecule has 112 valence electrons. The predicted molar refractivity (Wildman–Crippen MR) is 86.0 cm³/mol. The van der Waals surface area contributed by atoms with Gasteiger partial charge in [-0.3, -0.25) is 4.79 Å². The summed E-state index contributed by atoms with van der Waals surface area (Å²) in [6.45, 7) is -6.56. The van der Waals surface area contributed by atoms with E-state index in [9.17, 15) is 4.79 Å². The van der Waals surface area contributed by atoms with Crippen molar-refractivity contribution < 1.29 is 21.2 Å². The number of benzene rings is 1. The van der Waals surface area contributed by atoms with Gasteiger partial charge in [0.15, 0.2) is 5.78 Å². The van der Waals surface area contributed by atoms with Gasteiger partial charge in [0, 0.05) is 67.7 Å². The fraction of sp³-hybridized carbons (Fsp3) is 0.333. The fourth-order valence-electron chi connectivity index (χ4n) is 2.70. The van der Waals surface area contributed by atoms with Gasteiger partial charge in [-0.1, -0.05) is 18.2 Å². The Morgan fingerprint density at radius 2 is 2.41 bits per heavy atom. The maximum atomic E-state index is 13.7. The number of Topliss-reactive ketones (excluding diaryl/α,β-unsaturated/α-hetero) is 1. The van der Waals surface area contributed by atoms with Crippen LogP contribution in [0.3, 0.4) is 0 Å². The molecule has 1 aromatic carbocycles. The molecule has 22 heavy (non-hydrogen) atoms. The van der Waals surface area contributed by atoms with E-state index in [4.69, 9.17) is 16.4 Å². The van der Waals surface area contributed by atoms with E-state index < -0.39 is 68.7 Å². The van der Waals surface area contributed by atoms with Crippen molar-refractivity contribution in [2.24, 2.45) is 12.9 Å². The molecule has 4 nitrogen and oxygen atoms in total. The minimum Gasteiger partial charge on any atom is -0.347 e. The average molecular weight is 305 g/mol. The summed E-state index contributed by atoms with van der Waals surface area (Å²) in [7, 11) is 0. The monoisotopic (exact) mass is 305 g/mol. The number of carbonyl (C=O) groups excluding carboxylic acids is 1. The highest BCUT2D eigenvalue weighted by Crippen LogP contribution is 2.34. The standard InChI is InChI=1S/C18H19N3O/c1-12-19-9-10-21(12)11-13-7-8-16-17(18(13)22)14-5-3-4-6-15(14)20(16)2/h3-6,9-10,13H,7-8,11H2,1-2H3/i1D3,2D3,7D2,8D2,9D,10D. The molecular weight excluding hydrogens is 274 g/mol. The van der Waals surface area contributed by atoms with Crippen LogP contribution in [-0.4, -0.2) is 19.9 Å². The van der Waals surface area contributed by atoms with E-state index in [1.54, 1.807) is 0 Å². The molecule has 2 heterocycles. The van der Waals surface area contributed by atoms with Gasteiger partial charge in [-0.25, -0.2) is 4.98 Å². The SMILES string of the molecule is [2H]c1nc(C([2H])([2H])[2H])n(CC2C(=O)c3c(n(C([2H])([2H])[2H])c4ccccc34)C([2H])([2H])C2([2H])[2H])c1[2H]. The zero-order valence-electron chi connectivity index (χ0n) is 23.3. The van der Waals surface area contributed by atoms with Gasteiger partial charge in [0.05, 0.1) is 2.74 Å². The number of ketones is 1. The first kappa shape index (κ1) is 5.69. The van der Waals surface area contributed by atoms with Gasteiger partial charge in [-0.15, -0.1) is 0 Å². The molecular formula is C18H19N3O. The topological polar surface area (TPSA) is 39.8 Å². The highest BCUT2D eigenvalue weighted by atomic mass is 16.1. The molecule has 0 N–H and O–H groups in total. The number of nitrogens with zero attached hydrogens (tertiary/aromatic N) is 3. The Morgan fingerprint density at radius 1 is 1.50 bits per heavy atom. The Balaban J connectivity index is 2.01. The van der Waals surface area contributed by atoms with Crippen molar-refractivity contribution in [2.45, 2.75) is 26.1 Å². The van der Waals surface area contributed by atoms with Crippen LogP contribution < -0.4 is 0 Å². The van der Waals surface area contributed by atoms with Gasteiger partial charge >= 0.3 is 0 Å². The molecule has 0 amide bonds. The smallest absolute Gasteiger partial charge is 0.170 e. The quantitative estimate of drug-likeness (QED) is 0.730. The maximum Gasteiger partial charge on any atom is 0.170 e. The molecule has 3 aromatic rings. The van der Waals surface area contributed by atoms with Crippen LogP contribution in [0.1, 0.15) is 44.7 Å². The number of fused-ring (bicyclic) bond motifs is 3. The molecule has 4 rings (SSSR count). The number of carbonyl (C=O) groups is 1. The Bertz CT molecular complexity index is 1310. The fourth-order valence-corrected chi connectivity index (χ4v) is 2.70. The second-order valence-corrected chi connectivity index (χ2v) is 5.03. The molecule has 1 atom stereocenters. The van der Waals surface area contributed by atoms with Crippen LogP contribution in [0.5, 0.6) is 0 Å². The van der Waals surface area contributed by atoms with Crippen molar-refractivity contribution in [1.29, 1.82) is 0 Å². The molecule has 1 aliphatic rings. The van der Waals surface area contributed by atoms with Gasteiger partial charge < -0.3 is 9.13 Å². The van der Waals surface area contributed by atoms with Crippen molar-refractivity contribution in [3.63, 3.8) is 0 Å². The van der Waals surface area contributed by atoms with Crippen LogP contribution >= 0.6 is 0 Å². The van der Waals surface area contributed by atoms with Crippen LogP contribution in [0.15, 0.2) is 36.6 Å². The first-order valence-electron chi connectivity index (χ1n) is 12.6. The largest absolute Gasteiger partial charge is 0.347 e. The van der Waals surface area contributed by atoms with E-state index in [-0.39, 0.29) is 16.5 Å². The van der Waals surface area contributed by atoms with Crippen LogP contribution in [-0.2, 0) is 19.9 Å². The highest BCUT2D eigenvalue weighted by molar-refractivity contribution is 6.11. The second kappa shape index (κ2) is 4.83. The zero-order chi connectivity index (χ0) is 25.6. The van der Waals surface area contributed by atoms with Gasteiger partial charge in [0.1, 0.15) is 5.82 Å². The zero-order valence-corrected chi connectivity index (χ0v) is 11.3. The Hall–Kier alpha value is -2.36. The lowest BCUT2D eigenvalue weighted by Gasteiger charge is -2.23. The van der Waals surface area contributed by atoms with Crippen LogP contribution in [0.4, 0.5) is 0 Å². The molecule has 0 spiro atoms. The Kier molecular flexibility index (Phi) is 1.25. The van der Waals surface area contributed by atoms with Gasteiger partial charge in [0.25, 0.3) is 0 Å². The number of aryl methyl sites for hydroxylation is 2. The van der Waals surface area contributed by atoms with Crippen molar-refractivity contribution in [2.75, 3.05) is 0 Å². The van der Waals surface area contributed by atoms with E-state index in [2.05, 4.69) is 4.98 Å². The van der Waals surface area contributed by atoms with Gasteiger partial charge in [0.2, 0.25) is 0 Å². The van der Waals surface area contributed by atoms with Crippen molar-refractivity contribution in [3.8, 4) is 0 Å². The molecule has 0 saturated heterocycles. The first-order valence-corrected chi connectivity index (χ1v) is 6.65. The minimum atomic E-state index is -3.00. The third-order valence-corrected chi connectivity index (χ3v) is 3.77. The molecule has 2 aromatic heterocycles. The third kappa shape index (κ3) is 1.83. The lowest BCUT2D eigenvalue weighted by molar-refractivity contribution is 0.0888. The van der Waals surface area contributed by atoms with E-state index >= 15 is 0 Å². The Labute approximate surface area is 146 Å². The van der Waals surface area contributed by atoms with E-state index in [0.717, 1.165) is 4.57 Å². The number of rotatable bonds is 2. The van der Waals surface area contributed by atoms with E-state index in [1.807, 2.05) is 0 Å². The molecule has 0 radical (unpaired) electrons. The third-order valence-electron chi connectivity index (χ3n) is 3.77. The lowest BCUT2D eigenvalue weighted by atomic mass is 9.85. The van der Waals surface area contributed by atoms with Crippen molar-refractivity contribution in [3.05, 3.63) is 53.7 Å². The van der Waals surface area contributed by atoms with Crippen LogP contribution in [0, 0.1) is 12.8 Å². The van der Waals surface area contributed by atoms with E-state index in [1.165, 1.54) is 24.3 Å². The molecule has 0 fully saturated rings. The predicted octanol–water partition coefficient (Wildman–Crippen LogP) is 3.13. The van der Waals surface area contributed by atoms with Crippen molar-refractivity contribution >= 4 is 16.7 Å². The van der Waals surface area contributed by atoms with Crippen LogP contribution in [0.25, 0.3) is 10.9 Å². The normalized spacial score (nSPS) is 31.6. The number of aromatic nitrogens is 3. The Morgan fingerprint density at radius 3 is 3.27 bits per heavy atom. The molecule has 0 bridgehead atoms. The summed E-state index contributed by atoms with van der Waals surface area (Å²) in [4.78, 5) is 17.2. The number of hydrogen-bond donors (Lipinski definition) is 0. The summed E-state index contributed by atoms with van der Waals surface area (Å²) in [6, 6.07) is 5.87. The number of para-hydroxylation sites is 1.